The van der Waals surface area contributed by atoms with Gasteiger partial charge >= 0.3 is 11.9 Å². The summed E-state index contributed by atoms with van der Waals surface area (Å²) in [5, 5.41) is 0. The Balaban J connectivity index is 2.42. The van der Waals surface area contributed by atoms with Crippen molar-refractivity contribution in [2.45, 2.75) is 33.1 Å². The van der Waals surface area contributed by atoms with Crippen LogP contribution in [0.25, 0.3) is 0 Å². The van der Waals surface area contributed by atoms with Gasteiger partial charge in [0.15, 0.2) is 0 Å². The van der Waals surface area contributed by atoms with Crippen LogP contribution in [-0.4, -0.2) is 18.5 Å². The SMILES string of the molecule is CCOC(=O)CCC(=O)Oc1cccc(CC)c1. The molecule has 1 rings (SSSR count). The van der Waals surface area contributed by atoms with Gasteiger partial charge in [-0.1, -0.05) is 19.1 Å². The number of esters is 2. The summed E-state index contributed by atoms with van der Waals surface area (Å²) in [7, 11) is 0. The molecule has 0 amide bonds. The van der Waals surface area contributed by atoms with Gasteiger partial charge in [0.1, 0.15) is 5.75 Å². The maximum atomic E-state index is 11.5. The molecule has 4 nitrogen and oxygen atoms in total. The monoisotopic (exact) mass is 250 g/mol. The molecule has 18 heavy (non-hydrogen) atoms. The fraction of sp³-hybridized carbons (Fsp3) is 0.429. The number of rotatable bonds is 6. The molecule has 4 heteroatoms. The molecule has 1 aromatic rings. The summed E-state index contributed by atoms with van der Waals surface area (Å²) in [6, 6.07) is 7.35. The molecule has 0 aliphatic carbocycles. The average molecular weight is 250 g/mol. The van der Waals surface area contributed by atoms with Crippen molar-refractivity contribution >= 4 is 11.9 Å². The van der Waals surface area contributed by atoms with Crippen molar-refractivity contribution in [3.05, 3.63) is 29.8 Å². The number of carbonyl (C=O) groups is 2. The predicted octanol–water partition coefficient (Wildman–Crippen LogP) is 2.50. The van der Waals surface area contributed by atoms with Gasteiger partial charge in [-0.25, -0.2) is 0 Å². The molecule has 0 aliphatic rings. The first-order valence-corrected chi connectivity index (χ1v) is 6.11. The fourth-order valence-electron chi connectivity index (χ4n) is 1.45. The van der Waals surface area contributed by atoms with Crippen LogP contribution >= 0.6 is 0 Å². The minimum atomic E-state index is -0.420. The largest absolute Gasteiger partial charge is 0.466 e. The third-order valence-corrected chi connectivity index (χ3v) is 2.38. The lowest BCUT2D eigenvalue weighted by Crippen LogP contribution is -2.12. The minimum absolute atomic E-state index is 0.0369. The van der Waals surface area contributed by atoms with E-state index in [4.69, 9.17) is 9.47 Å². The van der Waals surface area contributed by atoms with Crippen LogP contribution < -0.4 is 4.74 Å². The smallest absolute Gasteiger partial charge is 0.311 e. The van der Waals surface area contributed by atoms with Crippen LogP contribution in [0.4, 0.5) is 0 Å². The van der Waals surface area contributed by atoms with E-state index in [0.29, 0.717) is 12.4 Å². The first-order chi connectivity index (χ1) is 8.65. The number of benzene rings is 1. The van der Waals surface area contributed by atoms with E-state index in [9.17, 15) is 9.59 Å². The molecule has 98 valence electrons. The van der Waals surface area contributed by atoms with E-state index in [0.717, 1.165) is 12.0 Å². The summed E-state index contributed by atoms with van der Waals surface area (Å²) in [6.07, 6.45) is 0.976. The van der Waals surface area contributed by atoms with Crippen molar-refractivity contribution < 1.29 is 19.1 Å². The molecule has 0 radical (unpaired) electrons. The highest BCUT2D eigenvalue weighted by Gasteiger charge is 2.09. The van der Waals surface area contributed by atoms with Crippen molar-refractivity contribution in [3.8, 4) is 5.75 Å². The molecular weight excluding hydrogens is 232 g/mol. The van der Waals surface area contributed by atoms with Gasteiger partial charge in [-0.15, -0.1) is 0 Å². The topological polar surface area (TPSA) is 52.6 Å². The van der Waals surface area contributed by atoms with Crippen LogP contribution in [0.3, 0.4) is 0 Å². The first kappa shape index (κ1) is 14.2. The summed E-state index contributed by atoms with van der Waals surface area (Å²) in [6.45, 7) is 4.08. The van der Waals surface area contributed by atoms with Crippen molar-refractivity contribution in [2.24, 2.45) is 0 Å². The van der Waals surface area contributed by atoms with Gasteiger partial charge in [-0.05, 0) is 31.0 Å². The number of aryl methyl sites for hydroxylation is 1. The highest BCUT2D eigenvalue weighted by atomic mass is 16.5. The number of hydrogen-bond acceptors (Lipinski definition) is 4. The highest BCUT2D eigenvalue weighted by Crippen LogP contribution is 2.14. The quantitative estimate of drug-likeness (QED) is 0.575. The lowest BCUT2D eigenvalue weighted by molar-refractivity contribution is -0.146. The Morgan fingerprint density at radius 1 is 1.11 bits per heavy atom. The Hall–Kier alpha value is -1.84. The van der Waals surface area contributed by atoms with Crippen LogP contribution in [0.1, 0.15) is 32.3 Å². The Morgan fingerprint density at radius 3 is 2.50 bits per heavy atom. The fourth-order valence-corrected chi connectivity index (χ4v) is 1.45. The van der Waals surface area contributed by atoms with Gasteiger partial charge in [0.25, 0.3) is 0 Å². The van der Waals surface area contributed by atoms with Crippen molar-refractivity contribution in [1.82, 2.24) is 0 Å². The maximum absolute atomic E-state index is 11.5. The lowest BCUT2D eigenvalue weighted by Gasteiger charge is -2.05. The van der Waals surface area contributed by atoms with Crippen LogP contribution in [-0.2, 0) is 20.7 Å². The summed E-state index contributed by atoms with van der Waals surface area (Å²) in [5.74, 6) is -0.281. The molecule has 0 N–H and O–H groups in total. The Morgan fingerprint density at radius 2 is 1.83 bits per heavy atom. The van der Waals surface area contributed by atoms with E-state index >= 15 is 0 Å². The van der Waals surface area contributed by atoms with Gasteiger partial charge in [0, 0.05) is 0 Å². The van der Waals surface area contributed by atoms with E-state index in [2.05, 4.69) is 0 Å². The molecule has 0 bridgehead atoms. The summed E-state index contributed by atoms with van der Waals surface area (Å²) in [5.41, 5.74) is 1.10. The molecule has 0 saturated heterocycles. The number of ether oxygens (including phenoxy) is 2. The summed E-state index contributed by atoms with van der Waals surface area (Å²) in [4.78, 5) is 22.6. The van der Waals surface area contributed by atoms with Crippen LogP contribution in [0.5, 0.6) is 5.75 Å². The van der Waals surface area contributed by atoms with Gasteiger partial charge in [0.2, 0.25) is 0 Å². The second-order valence-electron chi connectivity index (χ2n) is 3.78. The zero-order chi connectivity index (χ0) is 13.4. The van der Waals surface area contributed by atoms with Gasteiger partial charge in [0.05, 0.1) is 19.4 Å². The second-order valence-corrected chi connectivity index (χ2v) is 3.78. The molecule has 0 fully saturated rings. The molecule has 1 aromatic carbocycles. The van der Waals surface area contributed by atoms with Gasteiger partial charge in [-0.3, -0.25) is 9.59 Å². The van der Waals surface area contributed by atoms with Crippen LogP contribution in [0, 0.1) is 0 Å². The first-order valence-electron chi connectivity index (χ1n) is 6.11. The number of carbonyl (C=O) groups excluding carboxylic acids is 2. The van der Waals surface area contributed by atoms with Crippen molar-refractivity contribution in [1.29, 1.82) is 0 Å². The van der Waals surface area contributed by atoms with E-state index in [1.165, 1.54) is 0 Å². The van der Waals surface area contributed by atoms with Gasteiger partial charge < -0.3 is 9.47 Å². The summed E-state index contributed by atoms with van der Waals surface area (Å²) < 4.78 is 9.87. The third-order valence-electron chi connectivity index (χ3n) is 2.38. The maximum Gasteiger partial charge on any atom is 0.311 e. The van der Waals surface area contributed by atoms with E-state index in [1.807, 2.05) is 25.1 Å². The molecule has 0 aliphatic heterocycles. The van der Waals surface area contributed by atoms with Crippen LogP contribution in [0.15, 0.2) is 24.3 Å². The van der Waals surface area contributed by atoms with E-state index < -0.39 is 5.97 Å². The minimum Gasteiger partial charge on any atom is -0.466 e. The molecule has 0 spiro atoms. The molecular formula is C14H18O4. The summed E-state index contributed by atoms with van der Waals surface area (Å²) >= 11 is 0. The highest BCUT2D eigenvalue weighted by molar-refractivity contribution is 5.79. The molecule has 0 unspecified atom stereocenters. The lowest BCUT2D eigenvalue weighted by atomic mass is 10.2. The zero-order valence-electron chi connectivity index (χ0n) is 10.8. The normalized spacial score (nSPS) is 9.89. The van der Waals surface area contributed by atoms with E-state index in [1.54, 1.807) is 13.0 Å². The number of hydrogen-bond donors (Lipinski definition) is 0. The molecule has 0 aromatic heterocycles. The van der Waals surface area contributed by atoms with Crippen LogP contribution in [0.2, 0.25) is 0 Å². The van der Waals surface area contributed by atoms with Gasteiger partial charge in [-0.2, -0.15) is 0 Å². The third kappa shape index (κ3) is 4.99. The van der Waals surface area contributed by atoms with E-state index in [-0.39, 0.29) is 18.8 Å². The Bertz CT molecular complexity index is 412. The van der Waals surface area contributed by atoms with Crippen molar-refractivity contribution in [3.63, 3.8) is 0 Å². The molecule has 0 heterocycles. The second kappa shape index (κ2) is 7.48. The standard InChI is InChI=1S/C14H18O4/c1-3-11-6-5-7-12(10-11)18-14(16)9-8-13(15)17-4-2/h5-7,10H,3-4,8-9H2,1-2H3. The molecule has 0 saturated carbocycles. The Kier molecular flexibility index (Phi) is 5.91. The Labute approximate surface area is 107 Å². The van der Waals surface area contributed by atoms with Crippen molar-refractivity contribution in [2.75, 3.05) is 6.61 Å². The zero-order valence-corrected chi connectivity index (χ0v) is 10.8. The molecule has 0 atom stereocenters. The predicted molar refractivity (Wildman–Crippen MR) is 67.3 cm³/mol. The average Bonchev–Trinajstić information content (AvgIpc) is 2.37.